The number of nitrogens with one attached hydrogen (secondary N) is 1. The van der Waals surface area contributed by atoms with Gasteiger partial charge in [0.15, 0.2) is 11.5 Å². The summed E-state index contributed by atoms with van der Waals surface area (Å²) >= 11 is 0. The van der Waals surface area contributed by atoms with E-state index in [0.717, 1.165) is 23.5 Å². The van der Waals surface area contributed by atoms with Gasteiger partial charge in [0.25, 0.3) is 0 Å². The first-order valence-electron chi connectivity index (χ1n) is 8.15. The second-order valence-corrected chi connectivity index (χ2v) is 6.60. The summed E-state index contributed by atoms with van der Waals surface area (Å²) in [4.78, 5) is 12.2. The second kappa shape index (κ2) is 5.47. The zero-order valence-electron chi connectivity index (χ0n) is 12.6. The molecule has 22 heavy (non-hydrogen) atoms. The molecule has 1 aromatic rings. The maximum atomic E-state index is 12.2. The molecule has 5 heteroatoms. The fourth-order valence-electron chi connectivity index (χ4n) is 3.18. The van der Waals surface area contributed by atoms with Crippen molar-refractivity contribution in [2.75, 3.05) is 19.8 Å². The summed E-state index contributed by atoms with van der Waals surface area (Å²) in [6.07, 6.45) is 3.32. The van der Waals surface area contributed by atoms with Crippen molar-refractivity contribution in [1.29, 1.82) is 0 Å². The van der Waals surface area contributed by atoms with Gasteiger partial charge in [0.1, 0.15) is 13.2 Å². The van der Waals surface area contributed by atoms with Crippen molar-refractivity contribution < 1.29 is 14.3 Å². The van der Waals surface area contributed by atoms with Crippen LogP contribution in [0, 0.1) is 11.8 Å². The van der Waals surface area contributed by atoms with E-state index in [-0.39, 0.29) is 17.9 Å². The molecular weight excluding hydrogens is 280 g/mol. The van der Waals surface area contributed by atoms with Crippen molar-refractivity contribution >= 4 is 5.91 Å². The van der Waals surface area contributed by atoms with Gasteiger partial charge in [-0.05, 0) is 48.8 Å². The monoisotopic (exact) mass is 302 g/mol. The average Bonchev–Trinajstić information content (AvgIpc) is 3.43. The largest absolute Gasteiger partial charge is 0.486 e. The molecule has 4 rings (SSSR count). The number of hydrogen-bond donors (Lipinski definition) is 2. The summed E-state index contributed by atoms with van der Waals surface area (Å²) in [6, 6.07) is 6.12. The van der Waals surface area contributed by atoms with Crippen molar-refractivity contribution in [3.63, 3.8) is 0 Å². The molecule has 5 nitrogen and oxygen atoms in total. The molecule has 1 heterocycles. The van der Waals surface area contributed by atoms with Crippen LogP contribution < -0.4 is 20.5 Å². The molecule has 0 saturated heterocycles. The first-order valence-corrected chi connectivity index (χ1v) is 8.15. The quantitative estimate of drug-likeness (QED) is 0.862. The number of ether oxygens (including phenoxy) is 2. The number of rotatable bonds is 5. The van der Waals surface area contributed by atoms with Crippen LogP contribution in [0.1, 0.15) is 30.7 Å². The number of amides is 1. The number of nitrogens with two attached hydrogens (primary N) is 1. The lowest BCUT2D eigenvalue weighted by molar-refractivity contribution is -0.122. The first kappa shape index (κ1) is 13.9. The smallest absolute Gasteiger partial charge is 0.223 e. The summed E-state index contributed by atoms with van der Waals surface area (Å²) < 4.78 is 11.1. The molecule has 3 unspecified atom stereocenters. The van der Waals surface area contributed by atoms with Crippen LogP contribution in [0.3, 0.4) is 0 Å². The highest BCUT2D eigenvalue weighted by atomic mass is 16.6. The van der Waals surface area contributed by atoms with Crippen molar-refractivity contribution in [1.82, 2.24) is 5.32 Å². The Labute approximate surface area is 130 Å². The number of benzene rings is 1. The third-order valence-corrected chi connectivity index (χ3v) is 4.86. The molecular formula is C17H22N2O3. The third-order valence-electron chi connectivity index (χ3n) is 4.86. The molecule has 0 radical (unpaired) electrons. The van der Waals surface area contributed by atoms with E-state index in [0.29, 0.717) is 31.6 Å². The summed E-state index contributed by atoms with van der Waals surface area (Å²) in [5.41, 5.74) is 7.19. The molecule has 1 amide bonds. The fourth-order valence-corrected chi connectivity index (χ4v) is 3.18. The van der Waals surface area contributed by atoms with Crippen LogP contribution in [0.15, 0.2) is 18.2 Å². The molecule has 2 saturated carbocycles. The summed E-state index contributed by atoms with van der Waals surface area (Å²) in [6.45, 7) is 1.79. The van der Waals surface area contributed by atoms with Crippen molar-refractivity contribution in [2.45, 2.75) is 31.2 Å². The van der Waals surface area contributed by atoms with E-state index in [2.05, 4.69) is 5.32 Å². The maximum absolute atomic E-state index is 12.2. The van der Waals surface area contributed by atoms with Gasteiger partial charge in [-0.3, -0.25) is 4.79 Å². The van der Waals surface area contributed by atoms with Crippen LogP contribution in [-0.2, 0) is 4.79 Å². The topological polar surface area (TPSA) is 73.6 Å². The van der Waals surface area contributed by atoms with Gasteiger partial charge in [-0.25, -0.2) is 0 Å². The Morgan fingerprint density at radius 2 is 2.05 bits per heavy atom. The van der Waals surface area contributed by atoms with Crippen LogP contribution in [-0.4, -0.2) is 31.7 Å². The fraction of sp³-hybridized carbons (Fsp3) is 0.588. The zero-order valence-corrected chi connectivity index (χ0v) is 12.6. The molecule has 2 aliphatic carbocycles. The van der Waals surface area contributed by atoms with Crippen molar-refractivity contribution in [3.8, 4) is 11.5 Å². The van der Waals surface area contributed by atoms with Crippen LogP contribution in [0.25, 0.3) is 0 Å². The highest BCUT2D eigenvalue weighted by Crippen LogP contribution is 2.49. The van der Waals surface area contributed by atoms with Gasteiger partial charge in [0.2, 0.25) is 5.91 Å². The van der Waals surface area contributed by atoms with E-state index in [1.807, 2.05) is 18.2 Å². The average molecular weight is 302 g/mol. The Kier molecular flexibility index (Phi) is 3.45. The van der Waals surface area contributed by atoms with Gasteiger partial charge >= 0.3 is 0 Å². The molecule has 1 aliphatic heterocycles. The van der Waals surface area contributed by atoms with E-state index >= 15 is 0 Å². The van der Waals surface area contributed by atoms with Gasteiger partial charge in [0.05, 0.1) is 0 Å². The summed E-state index contributed by atoms with van der Waals surface area (Å²) in [7, 11) is 0. The minimum atomic E-state index is 0.0777. The van der Waals surface area contributed by atoms with Crippen LogP contribution in [0.4, 0.5) is 0 Å². The highest BCUT2D eigenvalue weighted by molar-refractivity contribution is 5.83. The third kappa shape index (κ3) is 2.77. The molecule has 0 spiro atoms. The lowest BCUT2D eigenvalue weighted by atomic mass is 10.1. The van der Waals surface area contributed by atoms with Gasteiger partial charge in [0, 0.05) is 18.5 Å². The van der Waals surface area contributed by atoms with E-state index < -0.39 is 0 Å². The first-order chi connectivity index (χ1) is 10.7. The molecule has 3 atom stereocenters. The Morgan fingerprint density at radius 1 is 1.27 bits per heavy atom. The van der Waals surface area contributed by atoms with Gasteiger partial charge in [-0.1, -0.05) is 6.07 Å². The predicted molar refractivity (Wildman–Crippen MR) is 82.0 cm³/mol. The molecule has 3 aliphatic rings. The van der Waals surface area contributed by atoms with Crippen LogP contribution >= 0.6 is 0 Å². The van der Waals surface area contributed by atoms with Crippen LogP contribution in [0.2, 0.25) is 0 Å². The highest BCUT2D eigenvalue weighted by Gasteiger charge is 2.44. The van der Waals surface area contributed by atoms with Gasteiger partial charge < -0.3 is 20.5 Å². The number of hydrogen-bond acceptors (Lipinski definition) is 4. The van der Waals surface area contributed by atoms with E-state index in [1.54, 1.807) is 0 Å². The van der Waals surface area contributed by atoms with Gasteiger partial charge in [-0.2, -0.15) is 0 Å². The van der Waals surface area contributed by atoms with Gasteiger partial charge in [-0.15, -0.1) is 0 Å². The second-order valence-electron chi connectivity index (χ2n) is 6.60. The minimum absolute atomic E-state index is 0.0777. The minimum Gasteiger partial charge on any atom is -0.486 e. The van der Waals surface area contributed by atoms with E-state index in [1.165, 1.54) is 12.8 Å². The standard InChI is InChI=1S/C17H22N2O3/c18-14(10-1-2-10)9-19-17(20)13-8-12(13)11-3-4-15-16(7-11)22-6-5-21-15/h3-4,7,10,12-14H,1-2,5-6,8-9,18H2,(H,19,20). The zero-order chi connectivity index (χ0) is 15.1. The lowest BCUT2D eigenvalue weighted by Gasteiger charge is -2.19. The molecule has 3 N–H and O–H groups in total. The maximum Gasteiger partial charge on any atom is 0.223 e. The Bertz CT molecular complexity index is 585. The van der Waals surface area contributed by atoms with E-state index in [9.17, 15) is 4.79 Å². The van der Waals surface area contributed by atoms with E-state index in [4.69, 9.17) is 15.2 Å². The molecule has 2 fully saturated rings. The normalized spacial score (nSPS) is 27.1. The molecule has 118 valence electrons. The molecule has 1 aromatic carbocycles. The van der Waals surface area contributed by atoms with Crippen LogP contribution in [0.5, 0.6) is 11.5 Å². The summed E-state index contributed by atoms with van der Waals surface area (Å²) in [5, 5.41) is 3.01. The Hall–Kier alpha value is -1.75. The Morgan fingerprint density at radius 3 is 2.82 bits per heavy atom. The van der Waals surface area contributed by atoms with Crippen molar-refractivity contribution in [3.05, 3.63) is 23.8 Å². The number of fused-ring (bicyclic) bond motifs is 1. The number of carbonyl (C=O) groups is 1. The SMILES string of the molecule is NC(CNC(=O)C1CC1c1ccc2c(c1)OCCO2)C1CC1. The lowest BCUT2D eigenvalue weighted by Crippen LogP contribution is -2.39. The van der Waals surface area contributed by atoms with Crippen molar-refractivity contribution in [2.24, 2.45) is 17.6 Å². The summed E-state index contributed by atoms with van der Waals surface area (Å²) in [5.74, 6) is 2.73. The predicted octanol–water partition coefficient (Wildman–Crippen LogP) is 1.41. The Balaban J connectivity index is 1.34. The molecule has 0 bridgehead atoms. The molecule has 0 aromatic heterocycles. The number of carbonyl (C=O) groups excluding carboxylic acids is 1.